The van der Waals surface area contributed by atoms with E-state index >= 15 is 0 Å². The van der Waals surface area contributed by atoms with E-state index in [4.69, 9.17) is 4.42 Å². The molecule has 2 atom stereocenters. The van der Waals surface area contributed by atoms with Crippen molar-refractivity contribution in [2.45, 2.75) is 38.2 Å². The molecule has 2 heterocycles. The lowest BCUT2D eigenvalue weighted by Crippen LogP contribution is -2.52. The Bertz CT molecular complexity index is 792. The summed E-state index contributed by atoms with van der Waals surface area (Å²) in [4.78, 5) is 14.5. The van der Waals surface area contributed by atoms with Gasteiger partial charge in [-0.1, -0.05) is 24.3 Å². The normalized spacial score (nSPS) is 18.2. The van der Waals surface area contributed by atoms with Crippen molar-refractivity contribution < 1.29 is 19.3 Å². The van der Waals surface area contributed by atoms with E-state index < -0.39 is 19.1 Å². The standard InChI is InChI=1S/C19H26BN3O4/c1-2-9-23-10-5-6-15(23)12-21-19(24)22-18(20(25)26)11-14-13-27-17-8-4-3-7-16(14)17/h2-4,7-9,13,15,18,25-26H,5-6,10-12H2,1H3,(H2,21,22,24)/t15-,18?/m1/s1. The van der Waals surface area contributed by atoms with Crippen LogP contribution in [0.1, 0.15) is 25.3 Å². The average Bonchev–Trinajstić information content (AvgIpc) is 3.27. The van der Waals surface area contributed by atoms with Gasteiger partial charge in [0, 0.05) is 24.5 Å². The highest BCUT2D eigenvalue weighted by molar-refractivity contribution is 6.43. The lowest BCUT2D eigenvalue weighted by atomic mass is 9.76. The van der Waals surface area contributed by atoms with Crippen molar-refractivity contribution >= 4 is 24.1 Å². The van der Waals surface area contributed by atoms with E-state index in [1.807, 2.05) is 43.5 Å². The molecule has 1 aliphatic heterocycles. The first-order valence-corrected chi connectivity index (χ1v) is 9.32. The molecule has 1 aromatic carbocycles. The fraction of sp³-hybridized carbons (Fsp3) is 0.421. The molecular weight excluding hydrogens is 345 g/mol. The van der Waals surface area contributed by atoms with Crippen molar-refractivity contribution in [3.8, 4) is 0 Å². The van der Waals surface area contributed by atoms with Crippen LogP contribution in [0, 0.1) is 0 Å². The lowest BCUT2D eigenvalue weighted by molar-refractivity contribution is 0.233. The number of hydrogen-bond acceptors (Lipinski definition) is 5. The zero-order valence-electron chi connectivity index (χ0n) is 15.5. The molecule has 0 radical (unpaired) electrons. The van der Waals surface area contributed by atoms with Crippen LogP contribution in [0.3, 0.4) is 0 Å². The predicted octanol–water partition coefficient (Wildman–Crippen LogP) is 1.65. The SMILES string of the molecule is CC=CN1CCC[C@@H]1CNC(=O)NC(Cc1coc2ccccc12)B(O)O. The van der Waals surface area contributed by atoms with Crippen LogP contribution in [0.2, 0.25) is 0 Å². The molecule has 1 aromatic heterocycles. The maximum absolute atomic E-state index is 12.3. The quantitative estimate of drug-likeness (QED) is 0.555. The van der Waals surface area contributed by atoms with Crippen LogP contribution in [0.15, 0.2) is 47.2 Å². The molecule has 144 valence electrons. The van der Waals surface area contributed by atoms with Crippen LogP contribution in [-0.4, -0.2) is 53.2 Å². The molecule has 1 saturated heterocycles. The first kappa shape index (κ1) is 19.3. The fourth-order valence-electron chi connectivity index (χ4n) is 3.55. The van der Waals surface area contributed by atoms with E-state index in [9.17, 15) is 14.8 Å². The molecule has 4 N–H and O–H groups in total. The molecule has 0 saturated carbocycles. The van der Waals surface area contributed by atoms with Gasteiger partial charge in [0.2, 0.25) is 0 Å². The maximum Gasteiger partial charge on any atom is 0.475 e. The van der Waals surface area contributed by atoms with Gasteiger partial charge in [-0.3, -0.25) is 0 Å². The topological polar surface area (TPSA) is 98.0 Å². The van der Waals surface area contributed by atoms with Crippen LogP contribution in [-0.2, 0) is 6.42 Å². The van der Waals surface area contributed by atoms with Crippen molar-refractivity contribution in [3.63, 3.8) is 0 Å². The molecule has 0 aliphatic carbocycles. The number of fused-ring (bicyclic) bond motifs is 1. The van der Waals surface area contributed by atoms with Gasteiger partial charge in [0.25, 0.3) is 0 Å². The number of likely N-dealkylation sites (tertiary alicyclic amines) is 1. The molecule has 3 rings (SSSR count). The number of carbonyl (C=O) groups is 1. The summed E-state index contributed by atoms with van der Waals surface area (Å²) in [5, 5.41) is 25.8. The van der Waals surface area contributed by atoms with Crippen LogP contribution in [0.4, 0.5) is 4.79 Å². The summed E-state index contributed by atoms with van der Waals surface area (Å²) in [6.45, 7) is 3.48. The first-order valence-electron chi connectivity index (χ1n) is 9.32. The Labute approximate surface area is 159 Å². The van der Waals surface area contributed by atoms with E-state index in [0.29, 0.717) is 6.54 Å². The van der Waals surface area contributed by atoms with E-state index in [1.54, 1.807) is 6.26 Å². The van der Waals surface area contributed by atoms with Gasteiger partial charge in [-0.15, -0.1) is 0 Å². The molecule has 7 nitrogen and oxygen atoms in total. The molecular formula is C19H26BN3O4. The lowest BCUT2D eigenvalue weighted by Gasteiger charge is -2.24. The van der Waals surface area contributed by atoms with Crippen molar-refractivity contribution in [3.05, 3.63) is 48.4 Å². The number of nitrogens with zero attached hydrogens (tertiary/aromatic N) is 1. The summed E-state index contributed by atoms with van der Waals surface area (Å²) in [6.07, 6.45) is 8.01. The van der Waals surface area contributed by atoms with Gasteiger partial charge in [0.1, 0.15) is 5.58 Å². The summed E-state index contributed by atoms with van der Waals surface area (Å²) in [5.41, 5.74) is 1.55. The minimum Gasteiger partial charge on any atom is -0.464 e. The van der Waals surface area contributed by atoms with Gasteiger partial charge in [0.15, 0.2) is 0 Å². The minimum absolute atomic E-state index is 0.260. The minimum atomic E-state index is -1.67. The number of urea groups is 1. The summed E-state index contributed by atoms with van der Waals surface area (Å²) < 4.78 is 5.48. The monoisotopic (exact) mass is 371 g/mol. The van der Waals surface area contributed by atoms with Gasteiger partial charge in [0.05, 0.1) is 12.2 Å². The summed E-state index contributed by atoms with van der Waals surface area (Å²) in [6, 6.07) is 7.38. The molecule has 0 bridgehead atoms. The summed E-state index contributed by atoms with van der Waals surface area (Å²) >= 11 is 0. The van der Waals surface area contributed by atoms with E-state index in [-0.39, 0.29) is 12.5 Å². The summed E-state index contributed by atoms with van der Waals surface area (Å²) in [5.74, 6) is -0.832. The molecule has 1 unspecified atom stereocenters. The number of furan rings is 1. The third-order valence-electron chi connectivity index (χ3n) is 4.94. The second kappa shape index (κ2) is 8.97. The number of carbonyl (C=O) groups excluding carboxylic acids is 1. The number of nitrogens with one attached hydrogen (secondary N) is 2. The maximum atomic E-state index is 12.3. The van der Waals surface area contributed by atoms with Crippen LogP contribution >= 0.6 is 0 Å². The Balaban J connectivity index is 1.57. The molecule has 1 fully saturated rings. The largest absolute Gasteiger partial charge is 0.475 e. The summed E-state index contributed by atoms with van der Waals surface area (Å²) in [7, 11) is -1.67. The number of para-hydroxylation sites is 1. The Hall–Kier alpha value is -2.45. The van der Waals surface area contributed by atoms with Gasteiger partial charge in [-0.2, -0.15) is 0 Å². The molecule has 8 heteroatoms. The highest BCUT2D eigenvalue weighted by atomic mass is 16.4. The van der Waals surface area contributed by atoms with Crippen LogP contribution in [0.25, 0.3) is 11.0 Å². The smallest absolute Gasteiger partial charge is 0.464 e. The van der Waals surface area contributed by atoms with Gasteiger partial charge in [-0.25, -0.2) is 4.79 Å². The van der Waals surface area contributed by atoms with Crippen molar-refractivity contribution in [1.29, 1.82) is 0 Å². The zero-order valence-corrected chi connectivity index (χ0v) is 15.5. The third-order valence-corrected chi connectivity index (χ3v) is 4.94. The number of rotatable bonds is 7. The predicted molar refractivity (Wildman–Crippen MR) is 105 cm³/mol. The van der Waals surface area contributed by atoms with Crippen molar-refractivity contribution in [2.24, 2.45) is 0 Å². The zero-order chi connectivity index (χ0) is 19.2. The Morgan fingerprint density at radius 2 is 2.26 bits per heavy atom. The van der Waals surface area contributed by atoms with Crippen molar-refractivity contribution in [1.82, 2.24) is 15.5 Å². The molecule has 2 aromatic rings. The molecule has 27 heavy (non-hydrogen) atoms. The third kappa shape index (κ3) is 4.84. The van der Waals surface area contributed by atoms with E-state index in [2.05, 4.69) is 15.5 Å². The average molecular weight is 371 g/mol. The Morgan fingerprint density at radius 3 is 3.04 bits per heavy atom. The molecule has 1 aliphatic rings. The highest BCUT2D eigenvalue weighted by Gasteiger charge is 2.28. The van der Waals surface area contributed by atoms with Gasteiger partial charge < -0.3 is 30.0 Å². The molecule has 0 spiro atoms. The Kier molecular flexibility index (Phi) is 6.42. The van der Waals surface area contributed by atoms with E-state index in [1.165, 1.54) is 0 Å². The second-order valence-electron chi connectivity index (χ2n) is 6.85. The number of allylic oxidation sites excluding steroid dienone is 1. The van der Waals surface area contributed by atoms with Crippen LogP contribution in [0.5, 0.6) is 0 Å². The number of hydrogen-bond donors (Lipinski definition) is 4. The highest BCUT2D eigenvalue weighted by Crippen LogP contribution is 2.22. The van der Waals surface area contributed by atoms with Gasteiger partial charge >= 0.3 is 13.1 Å². The van der Waals surface area contributed by atoms with Gasteiger partial charge in [-0.05, 0) is 44.0 Å². The van der Waals surface area contributed by atoms with Crippen LogP contribution < -0.4 is 10.6 Å². The molecule has 2 amide bonds. The Morgan fingerprint density at radius 1 is 1.44 bits per heavy atom. The first-order chi connectivity index (χ1) is 13.1. The van der Waals surface area contributed by atoms with E-state index in [0.717, 1.165) is 35.9 Å². The van der Waals surface area contributed by atoms with Crippen molar-refractivity contribution in [2.75, 3.05) is 13.1 Å². The fourth-order valence-corrected chi connectivity index (χ4v) is 3.55. The second-order valence-corrected chi connectivity index (χ2v) is 6.85. The number of benzene rings is 1. The number of amides is 2.